The second-order valence-electron chi connectivity index (χ2n) is 5.12. The van der Waals surface area contributed by atoms with Gasteiger partial charge < -0.3 is 16.2 Å². The average Bonchev–Trinajstić information content (AvgIpc) is 2.48. The Balaban J connectivity index is 1.94. The molecule has 1 unspecified atom stereocenters. The van der Waals surface area contributed by atoms with E-state index in [2.05, 4.69) is 5.32 Å². The molecule has 4 nitrogen and oxygen atoms in total. The maximum absolute atomic E-state index is 12.1. The molecule has 0 aliphatic rings. The fraction of sp³-hybridized carbons (Fsp3) is 0.235. The number of carbonyl (C=O) groups excluding carboxylic acids is 1. The second kappa shape index (κ2) is 6.90. The molecule has 0 bridgehead atoms. The zero-order valence-corrected chi connectivity index (χ0v) is 12.0. The number of amides is 1. The number of nitrogens with two attached hydrogens (primary N) is 1. The summed E-state index contributed by atoms with van der Waals surface area (Å²) in [5, 5.41) is 12.3. The van der Waals surface area contributed by atoms with Gasteiger partial charge in [-0.2, -0.15) is 0 Å². The summed E-state index contributed by atoms with van der Waals surface area (Å²) in [7, 11) is 0. The van der Waals surface area contributed by atoms with E-state index in [-0.39, 0.29) is 17.7 Å². The van der Waals surface area contributed by atoms with E-state index in [1.807, 2.05) is 43.3 Å². The van der Waals surface area contributed by atoms with Gasteiger partial charge in [-0.3, -0.25) is 4.79 Å². The van der Waals surface area contributed by atoms with E-state index < -0.39 is 6.04 Å². The molecule has 2 atom stereocenters. The molecule has 0 aliphatic carbocycles. The van der Waals surface area contributed by atoms with Gasteiger partial charge in [-0.05, 0) is 36.6 Å². The minimum atomic E-state index is -0.591. The van der Waals surface area contributed by atoms with E-state index in [9.17, 15) is 9.90 Å². The summed E-state index contributed by atoms with van der Waals surface area (Å²) in [6, 6.07) is 15.7. The van der Waals surface area contributed by atoms with Crippen molar-refractivity contribution in [1.82, 2.24) is 5.32 Å². The SMILES string of the molecule is CC(NC(=O)[C@@H](N)Cc1ccccc1)c1cccc(O)c1. The van der Waals surface area contributed by atoms with Gasteiger partial charge in [0.1, 0.15) is 5.75 Å². The summed E-state index contributed by atoms with van der Waals surface area (Å²) in [6.45, 7) is 1.86. The second-order valence-corrected chi connectivity index (χ2v) is 5.12. The number of rotatable bonds is 5. The van der Waals surface area contributed by atoms with E-state index in [1.54, 1.807) is 18.2 Å². The number of benzene rings is 2. The quantitative estimate of drug-likeness (QED) is 0.787. The van der Waals surface area contributed by atoms with Crippen LogP contribution < -0.4 is 11.1 Å². The van der Waals surface area contributed by atoms with Crippen LogP contribution in [0.4, 0.5) is 0 Å². The molecule has 0 saturated carbocycles. The van der Waals surface area contributed by atoms with E-state index in [0.29, 0.717) is 6.42 Å². The van der Waals surface area contributed by atoms with Crippen molar-refractivity contribution in [3.63, 3.8) is 0 Å². The van der Waals surface area contributed by atoms with Crippen molar-refractivity contribution in [3.8, 4) is 5.75 Å². The molecule has 0 aliphatic heterocycles. The number of hydrogen-bond donors (Lipinski definition) is 3. The van der Waals surface area contributed by atoms with Crippen LogP contribution in [0.1, 0.15) is 24.1 Å². The van der Waals surface area contributed by atoms with Crippen molar-refractivity contribution >= 4 is 5.91 Å². The van der Waals surface area contributed by atoms with Gasteiger partial charge >= 0.3 is 0 Å². The highest BCUT2D eigenvalue weighted by atomic mass is 16.3. The molecule has 0 aromatic heterocycles. The predicted molar refractivity (Wildman–Crippen MR) is 82.8 cm³/mol. The highest BCUT2D eigenvalue weighted by molar-refractivity contribution is 5.82. The molecular formula is C17H20N2O2. The molecule has 0 radical (unpaired) electrons. The third-order valence-electron chi connectivity index (χ3n) is 3.36. The Labute approximate surface area is 124 Å². The van der Waals surface area contributed by atoms with Crippen LogP contribution in [0.2, 0.25) is 0 Å². The number of nitrogens with one attached hydrogen (secondary N) is 1. The highest BCUT2D eigenvalue weighted by Crippen LogP contribution is 2.17. The molecule has 2 rings (SSSR count). The lowest BCUT2D eigenvalue weighted by Gasteiger charge is -2.18. The monoisotopic (exact) mass is 284 g/mol. The predicted octanol–water partition coefficient (Wildman–Crippen LogP) is 2.14. The third-order valence-corrected chi connectivity index (χ3v) is 3.36. The lowest BCUT2D eigenvalue weighted by Crippen LogP contribution is -2.42. The highest BCUT2D eigenvalue weighted by Gasteiger charge is 2.17. The summed E-state index contributed by atoms with van der Waals surface area (Å²) >= 11 is 0. The molecule has 1 amide bonds. The van der Waals surface area contributed by atoms with Crippen LogP contribution in [0.25, 0.3) is 0 Å². The zero-order chi connectivity index (χ0) is 15.2. The van der Waals surface area contributed by atoms with Crippen molar-refractivity contribution < 1.29 is 9.90 Å². The van der Waals surface area contributed by atoms with Crippen LogP contribution in [0.3, 0.4) is 0 Å². The van der Waals surface area contributed by atoms with Crippen LogP contribution >= 0.6 is 0 Å². The first-order valence-electron chi connectivity index (χ1n) is 6.95. The van der Waals surface area contributed by atoms with Crippen molar-refractivity contribution in [1.29, 1.82) is 0 Å². The maximum atomic E-state index is 12.1. The van der Waals surface area contributed by atoms with Gasteiger partial charge in [0.2, 0.25) is 5.91 Å². The molecule has 4 N–H and O–H groups in total. The van der Waals surface area contributed by atoms with E-state index in [4.69, 9.17) is 5.73 Å². The van der Waals surface area contributed by atoms with Crippen LogP contribution in [-0.4, -0.2) is 17.1 Å². The summed E-state index contributed by atoms with van der Waals surface area (Å²) in [5.41, 5.74) is 7.82. The molecule has 0 fully saturated rings. The van der Waals surface area contributed by atoms with E-state index in [1.165, 1.54) is 0 Å². The number of phenolic OH excluding ortho intramolecular Hbond substituents is 1. The number of hydrogen-bond acceptors (Lipinski definition) is 3. The van der Waals surface area contributed by atoms with Crippen LogP contribution in [-0.2, 0) is 11.2 Å². The minimum absolute atomic E-state index is 0.183. The molecule has 0 spiro atoms. The van der Waals surface area contributed by atoms with Crippen molar-refractivity contribution in [2.24, 2.45) is 5.73 Å². The number of aromatic hydroxyl groups is 1. The Hall–Kier alpha value is -2.33. The van der Waals surface area contributed by atoms with Gasteiger partial charge in [0.15, 0.2) is 0 Å². The Morgan fingerprint density at radius 3 is 2.57 bits per heavy atom. The largest absolute Gasteiger partial charge is 0.508 e. The molecular weight excluding hydrogens is 264 g/mol. The van der Waals surface area contributed by atoms with Crippen LogP contribution in [0.5, 0.6) is 5.75 Å². The van der Waals surface area contributed by atoms with Crippen molar-refractivity contribution in [2.75, 3.05) is 0 Å². The average molecular weight is 284 g/mol. The van der Waals surface area contributed by atoms with E-state index >= 15 is 0 Å². The van der Waals surface area contributed by atoms with Crippen LogP contribution in [0.15, 0.2) is 54.6 Å². The smallest absolute Gasteiger partial charge is 0.237 e. The normalized spacial score (nSPS) is 13.4. The number of phenols is 1. The minimum Gasteiger partial charge on any atom is -0.508 e. The zero-order valence-electron chi connectivity index (χ0n) is 12.0. The lowest BCUT2D eigenvalue weighted by atomic mass is 10.0. The summed E-state index contributed by atoms with van der Waals surface area (Å²) in [4.78, 5) is 12.1. The van der Waals surface area contributed by atoms with Crippen LogP contribution in [0, 0.1) is 0 Å². The molecule has 0 heterocycles. The standard InChI is InChI=1S/C17H20N2O2/c1-12(14-8-5-9-15(20)11-14)19-17(21)16(18)10-13-6-3-2-4-7-13/h2-9,11-12,16,20H,10,18H2,1H3,(H,19,21)/t12?,16-/m0/s1. The van der Waals surface area contributed by atoms with Crippen molar-refractivity contribution in [2.45, 2.75) is 25.4 Å². The fourth-order valence-corrected chi connectivity index (χ4v) is 2.16. The summed E-state index contributed by atoms with van der Waals surface area (Å²) < 4.78 is 0. The van der Waals surface area contributed by atoms with Gasteiger partial charge in [-0.25, -0.2) is 0 Å². The Kier molecular flexibility index (Phi) is 4.95. The molecule has 2 aromatic rings. The topological polar surface area (TPSA) is 75.4 Å². The van der Waals surface area contributed by atoms with Gasteiger partial charge in [-0.1, -0.05) is 42.5 Å². The molecule has 21 heavy (non-hydrogen) atoms. The molecule has 110 valence electrons. The van der Waals surface area contributed by atoms with Gasteiger partial charge in [0.05, 0.1) is 12.1 Å². The fourth-order valence-electron chi connectivity index (χ4n) is 2.16. The molecule has 2 aromatic carbocycles. The van der Waals surface area contributed by atoms with Gasteiger partial charge in [0.25, 0.3) is 0 Å². The first-order valence-corrected chi connectivity index (χ1v) is 6.95. The first-order chi connectivity index (χ1) is 10.1. The Bertz CT molecular complexity index is 599. The number of carbonyl (C=O) groups is 1. The maximum Gasteiger partial charge on any atom is 0.237 e. The third kappa shape index (κ3) is 4.33. The summed E-state index contributed by atoms with van der Waals surface area (Å²) in [6.07, 6.45) is 0.499. The summed E-state index contributed by atoms with van der Waals surface area (Å²) in [5.74, 6) is -0.0168. The lowest BCUT2D eigenvalue weighted by molar-refractivity contribution is -0.123. The van der Waals surface area contributed by atoms with Crippen molar-refractivity contribution in [3.05, 3.63) is 65.7 Å². The Morgan fingerprint density at radius 1 is 1.19 bits per heavy atom. The van der Waals surface area contributed by atoms with Gasteiger partial charge in [0, 0.05) is 0 Å². The molecule has 4 heteroatoms. The Morgan fingerprint density at radius 2 is 1.90 bits per heavy atom. The van der Waals surface area contributed by atoms with E-state index in [0.717, 1.165) is 11.1 Å². The first kappa shape index (κ1) is 15.1. The molecule has 0 saturated heterocycles. The van der Waals surface area contributed by atoms with Gasteiger partial charge in [-0.15, -0.1) is 0 Å².